The first kappa shape index (κ1) is 14.9. The highest BCUT2D eigenvalue weighted by atomic mass is 35.5. The van der Waals surface area contributed by atoms with E-state index < -0.39 is 11.4 Å². The van der Waals surface area contributed by atoms with Crippen LogP contribution in [0, 0.1) is 11.3 Å². The van der Waals surface area contributed by atoms with Crippen molar-refractivity contribution in [2.75, 3.05) is 0 Å². The van der Waals surface area contributed by atoms with Crippen LogP contribution in [0.3, 0.4) is 0 Å². The Morgan fingerprint density at radius 3 is 2.63 bits per heavy atom. The van der Waals surface area contributed by atoms with Crippen molar-refractivity contribution in [2.45, 2.75) is 51.9 Å². The summed E-state index contributed by atoms with van der Waals surface area (Å²) in [5.41, 5.74) is -0.557. The predicted molar refractivity (Wildman–Crippen MR) is 80.0 cm³/mol. The molecule has 0 unspecified atom stereocenters. The lowest BCUT2D eigenvalue weighted by Crippen LogP contribution is -2.37. The lowest BCUT2D eigenvalue weighted by Gasteiger charge is -2.36. The second kappa shape index (κ2) is 6.27. The number of aliphatic carboxylic acids is 1. The van der Waals surface area contributed by atoms with Crippen LogP contribution in [0.5, 0.6) is 0 Å². The highest BCUT2D eigenvalue weighted by Crippen LogP contribution is 2.44. The SMILES string of the molecule is CCCC1CCC(Cc2ccc(Cl)s2)(C(=O)O)CC1. The van der Waals surface area contributed by atoms with E-state index in [4.69, 9.17) is 11.6 Å². The first-order valence-electron chi connectivity index (χ1n) is 7.03. The molecular weight excluding hydrogens is 280 g/mol. The number of hydrogen-bond donors (Lipinski definition) is 1. The van der Waals surface area contributed by atoms with E-state index in [1.54, 1.807) is 0 Å². The van der Waals surface area contributed by atoms with Gasteiger partial charge in [0.2, 0.25) is 0 Å². The third kappa shape index (κ3) is 3.51. The second-order valence-corrected chi connectivity index (χ2v) is 7.50. The Morgan fingerprint density at radius 2 is 2.16 bits per heavy atom. The van der Waals surface area contributed by atoms with Crippen LogP contribution in [-0.2, 0) is 11.2 Å². The third-order valence-electron chi connectivity index (χ3n) is 4.35. The molecule has 0 aromatic carbocycles. The van der Waals surface area contributed by atoms with E-state index in [0.29, 0.717) is 6.42 Å². The molecule has 2 nitrogen and oxygen atoms in total. The first-order chi connectivity index (χ1) is 9.05. The van der Waals surface area contributed by atoms with Gasteiger partial charge in [-0.2, -0.15) is 0 Å². The molecule has 0 saturated heterocycles. The predicted octanol–water partition coefficient (Wildman–Crippen LogP) is 5.01. The number of rotatable bonds is 5. The molecule has 0 atom stereocenters. The van der Waals surface area contributed by atoms with Gasteiger partial charge in [-0.1, -0.05) is 31.4 Å². The van der Waals surface area contributed by atoms with Crippen molar-refractivity contribution in [3.05, 3.63) is 21.3 Å². The molecule has 19 heavy (non-hydrogen) atoms. The van der Waals surface area contributed by atoms with E-state index >= 15 is 0 Å². The average Bonchev–Trinajstić information content (AvgIpc) is 2.77. The van der Waals surface area contributed by atoms with Crippen molar-refractivity contribution in [3.63, 3.8) is 0 Å². The standard InChI is InChI=1S/C15H21ClO2S/c1-2-3-11-6-8-15(9-7-11,14(17)18)10-12-4-5-13(16)19-12/h4-5,11H,2-3,6-10H2,1H3,(H,17,18). The zero-order valence-corrected chi connectivity index (χ0v) is 12.9. The number of halogens is 1. The zero-order valence-electron chi connectivity index (χ0n) is 11.3. The summed E-state index contributed by atoms with van der Waals surface area (Å²) < 4.78 is 0.746. The number of thiophene rings is 1. The fourth-order valence-corrected chi connectivity index (χ4v) is 4.41. The molecule has 0 radical (unpaired) electrons. The fourth-order valence-electron chi connectivity index (χ4n) is 3.17. The minimum absolute atomic E-state index is 0.557. The van der Waals surface area contributed by atoms with E-state index in [1.165, 1.54) is 24.2 Å². The fraction of sp³-hybridized carbons (Fsp3) is 0.667. The molecule has 1 N–H and O–H groups in total. The molecule has 106 valence electrons. The summed E-state index contributed by atoms with van der Waals surface area (Å²) in [6, 6.07) is 3.83. The number of hydrogen-bond acceptors (Lipinski definition) is 2. The smallest absolute Gasteiger partial charge is 0.309 e. The molecule has 1 heterocycles. The van der Waals surface area contributed by atoms with Crippen LogP contribution in [0.2, 0.25) is 4.34 Å². The largest absolute Gasteiger partial charge is 0.481 e. The van der Waals surface area contributed by atoms with Crippen LogP contribution in [0.15, 0.2) is 12.1 Å². The summed E-state index contributed by atoms with van der Waals surface area (Å²) in [4.78, 5) is 12.8. The normalized spacial score (nSPS) is 27.4. The molecular formula is C15H21ClO2S. The van der Waals surface area contributed by atoms with Gasteiger partial charge in [-0.15, -0.1) is 11.3 Å². The van der Waals surface area contributed by atoms with Gasteiger partial charge in [-0.05, 0) is 50.2 Å². The van der Waals surface area contributed by atoms with Gasteiger partial charge in [0.15, 0.2) is 0 Å². The third-order valence-corrected chi connectivity index (χ3v) is 5.59. The number of carboxylic acids is 1. The van der Waals surface area contributed by atoms with Crippen LogP contribution in [0.25, 0.3) is 0 Å². The lowest BCUT2D eigenvalue weighted by molar-refractivity contribution is -0.151. The van der Waals surface area contributed by atoms with E-state index in [9.17, 15) is 9.90 Å². The van der Waals surface area contributed by atoms with E-state index in [1.807, 2.05) is 12.1 Å². The Hall–Kier alpha value is -0.540. The minimum atomic E-state index is -0.632. The molecule has 1 aromatic rings. The van der Waals surface area contributed by atoms with Crippen molar-refractivity contribution < 1.29 is 9.90 Å². The molecule has 2 rings (SSSR count). The molecule has 0 aliphatic heterocycles. The van der Waals surface area contributed by atoms with Crippen molar-refractivity contribution in [1.82, 2.24) is 0 Å². The molecule has 0 amide bonds. The summed E-state index contributed by atoms with van der Waals surface area (Å²) in [6.07, 6.45) is 6.80. The van der Waals surface area contributed by atoms with Crippen molar-refractivity contribution >= 4 is 28.9 Å². The average molecular weight is 301 g/mol. The summed E-state index contributed by atoms with van der Waals surface area (Å²) >= 11 is 7.45. The van der Waals surface area contributed by atoms with Gasteiger partial charge in [0.25, 0.3) is 0 Å². The Bertz CT molecular complexity index is 433. The number of carboxylic acid groups (broad SMARTS) is 1. The quantitative estimate of drug-likeness (QED) is 0.830. The summed E-state index contributed by atoms with van der Waals surface area (Å²) in [6.45, 7) is 2.20. The molecule has 4 heteroatoms. The van der Waals surface area contributed by atoms with E-state index in [0.717, 1.165) is 40.8 Å². The van der Waals surface area contributed by atoms with Gasteiger partial charge < -0.3 is 5.11 Å². The topological polar surface area (TPSA) is 37.3 Å². The molecule has 1 saturated carbocycles. The Kier molecular flexibility index (Phi) is 4.91. The van der Waals surface area contributed by atoms with Crippen molar-refractivity contribution in [1.29, 1.82) is 0 Å². The monoisotopic (exact) mass is 300 g/mol. The molecule has 1 aromatic heterocycles. The Labute approximate surface area is 123 Å². The van der Waals surface area contributed by atoms with Crippen molar-refractivity contribution in [3.8, 4) is 0 Å². The number of carbonyl (C=O) groups is 1. The molecule has 0 spiro atoms. The maximum atomic E-state index is 11.7. The van der Waals surface area contributed by atoms with E-state index in [2.05, 4.69) is 6.92 Å². The van der Waals surface area contributed by atoms with Gasteiger partial charge >= 0.3 is 5.97 Å². The molecule has 1 aliphatic carbocycles. The first-order valence-corrected chi connectivity index (χ1v) is 8.23. The van der Waals surface area contributed by atoms with E-state index in [-0.39, 0.29) is 0 Å². The van der Waals surface area contributed by atoms with Gasteiger partial charge in [-0.25, -0.2) is 0 Å². The van der Waals surface area contributed by atoms with Crippen LogP contribution < -0.4 is 0 Å². The van der Waals surface area contributed by atoms with Gasteiger partial charge in [-0.3, -0.25) is 4.79 Å². The van der Waals surface area contributed by atoms with Crippen LogP contribution in [0.4, 0.5) is 0 Å². The Morgan fingerprint density at radius 1 is 1.47 bits per heavy atom. The highest BCUT2D eigenvalue weighted by Gasteiger charge is 2.42. The lowest BCUT2D eigenvalue weighted by atomic mass is 9.67. The van der Waals surface area contributed by atoms with Crippen LogP contribution in [-0.4, -0.2) is 11.1 Å². The summed E-state index contributed by atoms with van der Waals surface area (Å²) in [5.74, 6) is 0.0939. The maximum Gasteiger partial charge on any atom is 0.309 e. The molecule has 0 bridgehead atoms. The van der Waals surface area contributed by atoms with Gasteiger partial charge in [0.1, 0.15) is 0 Å². The summed E-state index contributed by atoms with van der Waals surface area (Å²) in [5, 5.41) is 9.64. The van der Waals surface area contributed by atoms with Crippen LogP contribution >= 0.6 is 22.9 Å². The molecule has 1 aliphatic rings. The molecule has 1 fully saturated rings. The minimum Gasteiger partial charge on any atom is -0.481 e. The van der Waals surface area contributed by atoms with Crippen LogP contribution in [0.1, 0.15) is 50.3 Å². The van der Waals surface area contributed by atoms with Crippen molar-refractivity contribution in [2.24, 2.45) is 11.3 Å². The Balaban J connectivity index is 2.06. The van der Waals surface area contributed by atoms with Gasteiger partial charge in [0.05, 0.1) is 9.75 Å². The second-order valence-electron chi connectivity index (χ2n) is 5.70. The zero-order chi connectivity index (χ0) is 13.9. The van der Waals surface area contributed by atoms with Gasteiger partial charge in [0, 0.05) is 4.88 Å². The maximum absolute atomic E-state index is 11.7. The summed E-state index contributed by atoms with van der Waals surface area (Å²) in [7, 11) is 0. The highest BCUT2D eigenvalue weighted by molar-refractivity contribution is 7.16.